The molecule has 0 saturated heterocycles. The molecule has 1 amide bonds. The number of halogens is 2. The Hall–Kier alpha value is -1.69. The lowest BCUT2D eigenvalue weighted by molar-refractivity contribution is -0.121. The van der Waals surface area contributed by atoms with E-state index in [-0.39, 0.29) is 29.8 Å². The second-order valence-corrected chi connectivity index (χ2v) is 5.84. The Labute approximate surface area is 123 Å². The molecule has 1 aromatic carbocycles. The minimum atomic E-state index is -2.86. The van der Waals surface area contributed by atoms with Gasteiger partial charge in [0, 0.05) is 5.54 Å². The second kappa shape index (κ2) is 7.36. The molecule has 0 saturated carbocycles. The van der Waals surface area contributed by atoms with Crippen molar-refractivity contribution in [3.63, 3.8) is 0 Å². The van der Waals surface area contributed by atoms with Crippen LogP contribution >= 0.6 is 0 Å². The van der Waals surface area contributed by atoms with E-state index in [0.29, 0.717) is 5.56 Å². The van der Waals surface area contributed by atoms with Gasteiger partial charge in [-0.15, -0.1) is 0 Å². The van der Waals surface area contributed by atoms with Crippen molar-refractivity contribution >= 4 is 5.91 Å². The highest BCUT2D eigenvalue weighted by Gasteiger charge is 2.14. The third-order valence-electron chi connectivity index (χ3n) is 2.74. The van der Waals surface area contributed by atoms with Crippen LogP contribution in [0.1, 0.15) is 39.3 Å². The average Bonchev–Trinajstić information content (AvgIpc) is 2.35. The lowest BCUT2D eigenvalue weighted by Crippen LogP contribution is -2.43. The summed E-state index contributed by atoms with van der Waals surface area (Å²) in [6.07, 6.45) is 0. The van der Waals surface area contributed by atoms with Crippen molar-refractivity contribution in [3.05, 3.63) is 29.8 Å². The van der Waals surface area contributed by atoms with Gasteiger partial charge in [-0.05, 0) is 45.4 Å². The number of carbonyl (C=O) groups excluding carboxylic acids is 1. The smallest absolute Gasteiger partial charge is 0.387 e. The van der Waals surface area contributed by atoms with E-state index in [1.165, 1.54) is 12.1 Å². The fraction of sp³-hybridized carbons (Fsp3) is 0.533. The zero-order valence-electron chi connectivity index (χ0n) is 12.7. The Kier molecular flexibility index (Phi) is 6.08. The highest BCUT2D eigenvalue weighted by atomic mass is 19.3. The topological polar surface area (TPSA) is 50.4 Å². The SMILES string of the molecule is CC(NC(=O)CNC(C)(C)C)c1cccc(OC(F)F)c1. The highest BCUT2D eigenvalue weighted by molar-refractivity contribution is 5.78. The fourth-order valence-electron chi connectivity index (χ4n) is 1.68. The lowest BCUT2D eigenvalue weighted by atomic mass is 10.1. The van der Waals surface area contributed by atoms with E-state index >= 15 is 0 Å². The number of benzene rings is 1. The summed E-state index contributed by atoms with van der Waals surface area (Å²) in [5, 5.41) is 5.88. The third-order valence-corrected chi connectivity index (χ3v) is 2.74. The maximum atomic E-state index is 12.2. The van der Waals surface area contributed by atoms with E-state index in [1.807, 2.05) is 20.8 Å². The number of hydrogen-bond acceptors (Lipinski definition) is 3. The lowest BCUT2D eigenvalue weighted by Gasteiger charge is -2.21. The number of rotatable bonds is 6. The molecule has 4 nitrogen and oxygen atoms in total. The van der Waals surface area contributed by atoms with Gasteiger partial charge in [-0.2, -0.15) is 8.78 Å². The van der Waals surface area contributed by atoms with Crippen LogP contribution in [-0.2, 0) is 4.79 Å². The summed E-state index contributed by atoms with van der Waals surface area (Å²) >= 11 is 0. The first kappa shape index (κ1) is 17.4. The molecule has 0 aliphatic heterocycles. The number of hydrogen-bond donors (Lipinski definition) is 2. The first-order chi connectivity index (χ1) is 9.67. The predicted octanol–water partition coefficient (Wildman–Crippen LogP) is 2.85. The molecular formula is C15H22F2N2O2. The molecule has 0 heterocycles. The van der Waals surface area contributed by atoms with Crippen LogP contribution in [0.25, 0.3) is 0 Å². The van der Waals surface area contributed by atoms with Gasteiger partial charge in [-0.1, -0.05) is 12.1 Å². The number of amides is 1. The van der Waals surface area contributed by atoms with Crippen molar-refractivity contribution in [2.45, 2.75) is 45.9 Å². The number of ether oxygens (including phenoxy) is 1. The van der Waals surface area contributed by atoms with Gasteiger partial charge in [0.15, 0.2) is 0 Å². The number of nitrogens with one attached hydrogen (secondary N) is 2. The molecular weight excluding hydrogens is 278 g/mol. The van der Waals surface area contributed by atoms with Crippen molar-refractivity contribution in [2.24, 2.45) is 0 Å². The number of alkyl halides is 2. The van der Waals surface area contributed by atoms with E-state index in [1.54, 1.807) is 19.1 Å². The van der Waals surface area contributed by atoms with E-state index in [2.05, 4.69) is 15.4 Å². The Bertz CT molecular complexity index is 473. The van der Waals surface area contributed by atoms with Crippen LogP contribution in [0, 0.1) is 0 Å². The van der Waals surface area contributed by atoms with Gasteiger partial charge < -0.3 is 15.4 Å². The molecule has 118 valence electrons. The van der Waals surface area contributed by atoms with Gasteiger partial charge in [0.1, 0.15) is 5.75 Å². The summed E-state index contributed by atoms with van der Waals surface area (Å²) in [7, 11) is 0. The fourth-order valence-corrected chi connectivity index (χ4v) is 1.68. The van der Waals surface area contributed by atoms with Gasteiger partial charge in [0.05, 0.1) is 12.6 Å². The quantitative estimate of drug-likeness (QED) is 0.849. The van der Waals surface area contributed by atoms with Crippen molar-refractivity contribution in [3.8, 4) is 5.75 Å². The summed E-state index contributed by atoms with van der Waals surface area (Å²) in [6.45, 7) is 5.02. The molecule has 1 aromatic rings. The standard InChI is InChI=1S/C15H22F2N2O2/c1-10(19-13(20)9-18-15(2,3)4)11-6-5-7-12(8-11)21-14(16)17/h5-8,10,14,18H,9H2,1-4H3,(H,19,20). The van der Waals surface area contributed by atoms with Crippen LogP contribution < -0.4 is 15.4 Å². The van der Waals surface area contributed by atoms with Gasteiger partial charge in [-0.3, -0.25) is 4.79 Å². The molecule has 0 bridgehead atoms. The van der Waals surface area contributed by atoms with Crippen LogP contribution in [0.2, 0.25) is 0 Å². The molecule has 1 atom stereocenters. The molecule has 0 aromatic heterocycles. The summed E-state index contributed by atoms with van der Waals surface area (Å²) in [6, 6.07) is 6.02. The summed E-state index contributed by atoms with van der Waals surface area (Å²) in [4.78, 5) is 11.8. The second-order valence-electron chi connectivity index (χ2n) is 5.84. The van der Waals surface area contributed by atoms with Crippen LogP contribution in [0.3, 0.4) is 0 Å². The van der Waals surface area contributed by atoms with E-state index in [0.717, 1.165) is 0 Å². The van der Waals surface area contributed by atoms with Gasteiger partial charge in [0.2, 0.25) is 5.91 Å². The monoisotopic (exact) mass is 300 g/mol. The van der Waals surface area contributed by atoms with E-state index in [4.69, 9.17) is 0 Å². The first-order valence-corrected chi connectivity index (χ1v) is 6.76. The minimum Gasteiger partial charge on any atom is -0.435 e. The molecule has 1 rings (SSSR count). The zero-order valence-corrected chi connectivity index (χ0v) is 12.7. The van der Waals surface area contributed by atoms with Crippen molar-refractivity contribution < 1.29 is 18.3 Å². The number of carbonyl (C=O) groups is 1. The molecule has 21 heavy (non-hydrogen) atoms. The summed E-state index contributed by atoms with van der Waals surface area (Å²) in [5.41, 5.74) is 0.559. The third kappa shape index (κ3) is 7.04. The maximum absolute atomic E-state index is 12.2. The first-order valence-electron chi connectivity index (χ1n) is 6.76. The van der Waals surface area contributed by atoms with Crippen LogP contribution in [-0.4, -0.2) is 24.6 Å². The Morgan fingerprint density at radius 1 is 1.33 bits per heavy atom. The Morgan fingerprint density at radius 2 is 2.00 bits per heavy atom. The molecule has 1 unspecified atom stereocenters. The largest absolute Gasteiger partial charge is 0.435 e. The van der Waals surface area contributed by atoms with Crippen molar-refractivity contribution in [2.75, 3.05) is 6.54 Å². The molecule has 2 N–H and O–H groups in total. The summed E-state index contributed by atoms with van der Waals surface area (Å²) < 4.78 is 28.7. The average molecular weight is 300 g/mol. The Balaban J connectivity index is 2.58. The highest BCUT2D eigenvalue weighted by Crippen LogP contribution is 2.20. The van der Waals surface area contributed by atoms with Gasteiger partial charge in [-0.25, -0.2) is 0 Å². The molecule has 0 spiro atoms. The molecule has 0 fully saturated rings. The van der Waals surface area contributed by atoms with E-state index < -0.39 is 6.61 Å². The van der Waals surface area contributed by atoms with Crippen LogP contribution in [0.4, 0.5) is 8.78 Å². The van der Waals surface area contributed by atoms with Gasteiger partial charge in [0.25, 0.3) is 0 Å². The van der Waals surface area contributed by atoms with Crippen LogP contribution in [0.5, 0.6) is 5.75 Å². The van der Waals surface area contributed by atoms with Crippen molar-refractivity contribution in [1.29, 1.82) is 0 Å². The molecule has 0 aliphatic carbocycles. The molecule has 0 radical (unpaired) electrons. The minimum absolute atomic E-state index is 0.0800. The van der Waals surface area contributed by atoms with Crippen molar-refractivity contribution in [1.82, 2.24) is 10.6 Å². The Morgan fingerprint density at radius 3 is 2.57 bits per heavy atom. The van der Waals surface area contributed by atoms with E-state index in [9.17, 15) is 13.6 Å². The van der Waals surface area contributed by atoms with Crippen LogP contribution in [0.15, 0.2) is 24.3 Å². The maximum Gasteiger partial charge on any atom is 0.387 e. The zero-order chi connectivity index (χ0) is 16.0. The normalized spacial score (nSPS) is 13.1. The molecule has 0 aliphatic rings. The summed E-state index contributed by atoms with van der Waals surface area (Å²) in [5.74, 6) is -0.0750. The van der Waals surface area contributed by atoms with Gasteiger partial charge >= 0.3 is 6.61 Å². The predicted molar refractivity (Wildman–Crippen MR) is 77.4 cm³/mol. The molecule has 6 heteroatoms.